The zero-order valence-corrected chi connectivity index (χ0v) is 10.1. The van der Waals surface area contributed by atoms with Crippen LogP contribution in [0.25, 0.3) is 0 Å². The van der Waals surface area contributed by atoms with Crippen LogP contribution in [0.4, 0.5) is 0 Å². The molecular formula is C12H19NO4. The Morgan fingerprint density at radius 3 is 2.71 bits per heavy atom. The molecule has 17 heavy (non-hydrogen) atoms. The molecule has 0 spiro atoms. The van der Waals surface area contributed by atoms with E-state index in [0.717, 1.165) is 5.56 Å². The largest absolute Gasteiger partial charge is 0.504 e. The Labute approximate surface area is 101 Å². The van der Waals surface area contributed by atoms with Crippen LogP contribution in [0.3, 0.4) is 0 Å². The minimum Gasteiger partial charge on any atom is -0.504 e. The van der Waals surface area contributed by atoms with Crippen LogP contribution < -0.4 is 10.1 Å². The summed E-state index contributed by atoms with van der Waals surface area (Å²) in [7, 11) is 3.08. The third-order valence-electron chi connectivity index (χ3n) is 2.47. The quantitative estimate of drug-likeness (QED) is 0.648. The topological polar surface area (TPSA) is 71.0 Å². The van der Waals surface area contributed by atoms with Crippen molar-refractivity contribution >= 4 is 0 Å². The molecule has 1 atom stereocenters. The number of aliphatic hydroxyl groups is 1. The summed E-state index contributed by atoms with van der Waals surface area (Å²) >= 11 is 0. The van der Waals surface area contributed by atoms with E-state index < -0.39 is 0 Å². The first kappa shape index (κ1) is 13.8. The van der Waals surface area contributed by atoms with E-state index >= 15 is 0 Å². The molecule has 1 rings (SSSR count). The molecule has 1 unspecified atom stereocenters. The van der Waals surface area contributed by atoms with Gasteiger partial charge in [0.15, 0.2) is 11.5 Å². The molecule has 0 fully saturated rings. The fourth-order valence-corrected chi connectivity index (χ4v) is 1.51. The lowest BCUT2D eigenvalue weighted by Gasteiger charge is -2.16. The maximum absolute atomic E-state index is 9.85. The lowest BCUT2D eigenvalue weighted by Crippen LogP contribution is -2.35. The van der Waals surface area contributed by atoms with Crippen LogP contribution >= 0.6 is 0 Å². The molecule has 5 heteroatoms. The van der Waals surface area contributed by atoms with Gasteiger partial charge in [0.1, 0.15) is 0 Å². The van der Waals surface area contributed by atoms with Gasteiger partial charge in [-0.05, 0) is 6.07 Å². The van der Waals surface area contributed by atoms with Gasteiger partial charge in [0.25, 0.3) is 0 Å². The molecule has 0 aliphatic heterocycles. The number of aliphatic hydroxyl groups excluding tert-OH is 1. The third-order valence-corrected chi connectivity index (χ3v) is 2.47. The van der Waals surface area contributed by atoms with Crippen molar-refractivity contribution in [2.75, 3.05) is 27.4 Å². The smallest absolute Gasteiger partial charge is 0.162 e. The van der Waals surface area contributed by atoms with Crippen LogP contribution in [0.2, 0.25) is 0 Å². The highest BCUT2D eigenvalue weighted by Gasteiger charge is 2.10. The van der Waals surface area contributed by atoms with Crippen LogP contribution in [0.1, 0.15) is 5.56 Å². The molecule has 1 aromatic rings. The van der Waals surface area contributed by atoms with Crippen molar-refractivity contribution in [3.05, 3.63) is 23.8 Å². The van der Waals surface area contributed by atoms with E-state index in [0.29, 0.717) is 18.9 Å². The Morgan fingerprint density at radius 2 is 2.12 bits per heavy atom. The number of para-hydroxylation sites is 1. The van der Waals surface area contributed by atoms with Gasteiger partial charge in [-0.15, -0.1) is 0 Å². The fourth-order valence-electron chi connectivity index (χ4n) is 1.51. The predicted octanol–water partition coefficient (Wildman–Crippen LogP) is 0.498. The van der Waals surface area contributed by atoms with Crippen molar-refractivity contribution in [2.45, 2.75) is 12.6 Å². The average molecular weight is 241 g/mol. The molecule has 0 saturated heterocycles. The molecule has 0 bridgehead atoms. The highest BCUT2D eigenvalue weighted by atomic mass is 16.5. The number of ether oxygens (including phenoxy) is 2. The van der Waals surface area contributed by atoms with Crippen LogP contribution in [-0.4, -0.2) is 43.7 Å². The van der Waals surface area contributed by atoms with Gasteiger partial charge < -0.3 is 25.0 Å². The van der Waals surface area contributed by atoms with E-state index in [9.17, 15) is 5.11 Å². The van der Waals surface area contributed by atoms with Crippen molar-refractivity contribution in [3.8, 4) is 11.5 Å². The van der Waals surface area contributed by atoms with Gasteiger partial charge >= 0.3 is 0 Å². The molecule has 3 N–H and O–H groups in total. The normalized spacial score (nSPS) is 12.4. The number of benzene rings is 1. The van der Waals surface area contributed by atoms with Crippen LogP contribution in [0.15, 0.2) is 18.2 Å². The van der Waals surface area contributed by atoms with Gasteiger partial charge in [-0.1, -0.05) is 12.1 Å². The lowest BCUT2D eigenvalue weighted by atomic mass is 10.1. The summed E-state index contributed by atoms with van der Waals surface area (Å²) in [5.74, 6) is 0.563. The number of aromatic hydroxyl groups is 1. The van der Waals surface area contributed by atoms with Crippen molar-refractivity contribution < 1.29 is 19.7 Å². The van der Waals surface area contributed by atoms with Gasteiger partial charge in [-0.25, -0.2) is 0 Å². The predicted molar refractivity (Wildman–Crippen MR) is 64.2 cm³/mol. The summed E-state index contributed by atoms with van der Waals surface area (Å²) in [6, 6.07) is 5.15. The van der Waals surface area contributed by atoms with Crippen LogP contribution in [0, 0.1) is 0 Å². The summed E-state index contributed by atoms with van der Waals surface area (Å²) in [4.78, 5) is 0. The zero-order chi connectivity index (χ0) is 12.7. The fraction of sp³-hybridized carbons (Fsp3) is 0.500. The minimum atomic E-state index is -0.148. The second-order valence-corrected chi connectivity index (χ2v) is 3.68. The number of hydrogen-bond donors (Lipinski definition) is 3. The number of phenolic OH excluding ortho intramolecular Hbond substituents is 1. The molecule has 0 aliphatic carbocycles. The highest BCUT2D eigenvalue weighted by Crippen LogP contribution is 2.29. The SMILES string of the molecule is COCC(CO)NCc1cccc(OC)c1O. The maximum atomic E-state index is 9.85. The first-order valence-corrected chi connectivity index (χ1v) is 5.41. The summed E-state index contributed by atoms with van der Waals surface area (Å²) in [6.45, 7) is 0.845. The number of hydrogen-bond acceptors (Lipinski definition) is 5. The van der Waals surface area contributed by atoms with E-state index in [1.54, 1.807) is 25.3 Å². The second-order valence-electron chi connectivity index (χ2n) is 3.68. The van der Waals surface area contributed by atoms with Gasteiger partial charge in [-0.2, -0.15) is 0 Å². The minimum absolute atomic E-state index is 0.0153. The highest BCUT2D eigenvalue weighted by molar-refractivity contribution is 5.45. The first-order chi connectivity index (χ1) is 8.22. The molecule has 96 valence electrons. The van der Waals surface area contributed by atoms with Crippen LogP contribution in [0.5, 0.6) is 11.5 Å². The van der Waals surface area contributed by atoms with E-state index in [2.05, 4.69) is 5.32 Å². The van der Waals surface area contributed by atoms with Gasteiger partial charge in [0.2, 0.25) is 0 Å². The van der Waals surface area contributed by atoms with Crippen molar-refractivity contribution in [1.29, 1.82) is 0 Å². The van der Waals surface area contributed by atoms with Crippen molar-refractivity contribution in [1.82, 2.24) is 5.32 Å². The van der Waals surface area contributed by atoms with E-state index in [-0.39, 0.29) is 18.4 Å². The zero-order valence-electron chi connectivity index (χ0n) is 10.1. The maximum Gasteiger partial charge on any atom is 0.162 e. The Hall–Kier alpha value is -1.30. The number of phenols is 1. The first-order valence-electron chi connectivity index (χ1n) is 5.41. The molecule has 0 aromatic heterocycles. The molecular weight excluding hydrogens is 222 g/mol. The monoisotopic (exact) mass is 241 g/mol. The molecule has 0 radical (unpaired) electrons. The number of methoxy groups -OCH3 is 2. The number of rotatable bonds is 7. The van der Waals surface area contributed by atoms with Gasteiger partial charge in [0.05, 0.1) is 26.4 Å². The number of nitrogens with one attached hydrogen (secondary N) is 1. The molecule has 0 saturated carbocycles. The molecule has 1 aromatic carbocycles. The Bertz CT molecular complexity index is 343. The molecule has 5 nitrogen and oxygen atoms in total. The Kier molecular flexibility index (Phi) is 5.76. The molecule has 0 amide bonds. The lowest BCUT2D eigenvalue weighted by molar-refractivity contribution is 0.128. The summed E-state index contributed by atoms with van der Waals surface area (Å²) in [6.07, 6.45) is 0. The Morgan fingerprint density at radius 1 is 1.35 bits per heavy atom. The Balaban J connectivity index is 2.62. The third kappa shape index (κ3) is 3.89. The van der Waals surface area contributed by atoms with E-state index in [1.165, 1.54) is 7.11 Å². The van der Waals surface area contributed by atoms with E-state index in [4.69, 9.17) is 14.6 Å². The van der Waals surface area contributed by atoms with Crippen molar-refractivity contribution in [3.63, 3.8) is 0 Å². The van der Waals surface area contributed by atoms with Crippen molar-refractivity contribution in [2.24, 2.45) is 0 Å². The summed E-state index contributed by atoms with van der Waals surface area (Å²) < 4.78 is 9.96. The van der Waals surface area contributed by atoms with Crippen LogP contribution in [-0.2, 0) is 11.3 Å². The molecule has 0 aliphatic rings. The standard InChI is InChI=1S/C12H19NO4/c1-16-8-10(7-14)13-6-9-4-3-5-11(17-2)12(9)15/h3-5,10,13-15H,6-8H2,1-2H3. The van der Waals surface area contributed by atoms with E-state index in [1.807, 2.05) is 0 Å². The average Bonchev–Trinajstić information content (AvgIpc) is 2.36. The summed E-state index contributed by atoms with van der Waals surface area (Å²) in [5, 5.41) is 22.0. The van der Waals surface area contributed by atoms with Gasteiger partial charge in [-0.3, -0.25) is 0 Å². The second kappa shape index (κ2) is 7.11. The van der Waals surface area contributed by atoms with Gasteiger partial charge in [0, 0.05) is 19.2 Å². The summed E-state index contributed by atoms with van der Waals surface area (Å²) in [5.41, 5.74) is 0.721. The molecule has 0 heterocycles.